The zero-order valence-corrected chi connectivity index (χ0v) is 12.5. The molecular weight excluding hydrogens is 252 g/mol. The molecule has 0 saturated heterocycles. The molecule has 1 aromatic carbocycles. The number of rotatable bonds is 7. The van der Waals surface area contributed by atoms with E-state index in [-0.39, 0.29) is 5.54 Å². The minimum atomic E-state index is -0.0223. The Hall–Kier alpha value is -1.19. The van der Waals surface area contributed by atoms with Crippen LogP contribution in [0.5, 0.6) is 0 Å². The van der Waals surface area contributed by atoms with Crippen LogP contribution in [0.4, 0.5) is 0 Å². The normalized spacial score (nSPS) is 14.2. The third-order valence-electron chi connectivity index (χ3n) is 3.51. The third-order valence-corrected chi connectivity index (χ3v) is 4.48. The van der Waals surface area contributed by atoms with E-state index in [0.29, 0.717) is 0 Å². The molecule has 1 aromatic heterocycles. The van der Waals surface area contributed by atoms with E-state index in [9.17, 15) is 0 Å². The van der Waals surface area contributed by atoms with Gasteiger partial charge in [-0.05, 0) is 31.4 Å². The minimum Gasteiger partial charge on any atom is -0.305 e. The molecule has 0 aliphatic carbocycles. The van der Waals surface area contributed by atoms with E-state index in [1.807, 2.05) is 6.20 Å². The van der Waals surface area contributed by atoms with E-state index in [4.69, 9.17) is 0 Å². The van der Waals surface area contributed by atoms with E-state index in [2.05, 4.69) is 59.9 Å². The van der Waals surface area contributed by atoms with Crippen LogP contribution < -0.4 is 5.32 Å². The van der Waals surface area contributed by atoms with Gasteiger partial charge in [0.15, 0.2) is 0 Å². The fourth-order valence-corrected chi connectivity index (χ4v) is 3.27. The van der Waals surface area contributed by atoms with Crippen molar-refractivity contribution in [1.29, 1.82) is 0 Å². The summed E-state index contributed by atoms with van der Waals surface area (Å²) in [4.78, 5) is 4.56. The molecule has 1 atom stereocenters. The molecule has 2 rings (SSSR count). The summed E-state index contributed by atoms with van der Waals surface area (Å²) in [6.07, 6.45) is 5.10. The number of nitrogens with zero attached hydrogens (tertiary/aromatic N) is 1. The lowest BCUT2D eigenvalue weighted by Gasteiger charge is -2.32. The van der Waals surface area contributed by atoms with Crippen LogP contribution in [-0.4, -0.2) is 11.5 Å². The van der Waals surface area contributed by atoms with Crippen molar-refractivity contribution in [2.24, 2.45) is 0 Å². The molecule has 0 amide bonds. The van der Waals surface area contributed by atoms with Crippen LogP contribution in [0.1, 0.15) is 37.3 Å². The standard InChI is InChI=1S/C16H22N2S/c1-3-10-18-16(4-2,15-17-11-12-19-15)13-14-8-6-5-7-9-14/h5-9,11-12,18H,3-4,10,13H2,1-2H3. The summed E-state index contributed by atoms with van der Waals surface area (Å²) in [5.74, 6) is 0. The predicted molar refractivity (Wildman–Crippen MR) is 82.5 cm³/mol. The first-order chi connectivity index (χ1) is 9.30. The molecule has 1 unspecified atom stereocenters. The van der Waals surface area contributed by atoms with E-state index in [0.717, 1.165) is 25.8 Å². The Bertz CT molecular complexity index is 467. The highest BCUT2D eigenvalue weighted by Crippen LogP contribution is 2.30. The Morgan fingerprint density at radius 3 is 2.58 bits per heavy atom. The molecule has 0 saturated carbocycles. The van der Waals surface area contributed by atoms with Gasteiger partial charge in [-0.15, -0.1) is 11.3 Å². The molecule has 1 heterocycles. The van der Waals surface area contributed by atoms with E-state index < -0.39 is 0 Å². The van der Waals surface area contributed by atoms with Gasteiger partial charge in [-0.1, -0.05) is 44.2 Å². The zero-order chi connectivity index (χ0) is 13.6. The van der Waals surface area contributed by atoms with Crippen LogP contribution in [0.3, 0.4) is 0 Å². The van der Waals surface area contributed by atoms with Crippen molar-refractivity contribution in [2.75, 3.05) is 6.54 Å². The van der Waals surface area contributed by atoms with Crippen molar-refractivity contribution in [3.05, 3.63) is 52.5 Å². The molecule has 19 heavy (non-hydrogen) atoms. The first kappa shape index (κ1) is 14.2. The minimum absolute atomic E-state index is 0.0223. The van der Waals surface area contributed by atoms with Crippen molar-refractivity contribution in [1.82, 2.24) is 10.3 Å². The molecule has 2 nitrogen and oxygen atoms in total. The van der Waals surface area contributed by atoms with Gasteiger partial charge in [0.2, 0.25) is 0 Å². The number of hydrogen-bond donors (Lipinski definition) is 1. The van der Waals surface area contributed by atoms with Crippen LogP contribution in [-0.2, 0) is 12.0 Å². The topological polar surface area (TPSA) is 24.9 Å². The van der Waals surface area contributed by atoms with Gasteiger partial charge in [-0.3, -0.25) is 0 Å². The SMILES string of the molecule is CCCNC(CC)(Cc1ccccc1)c1nccs1. The smallest absolute Gasteiger partial charge is 0.113 e. The van der Waals surface area contributed by atoms with Crippen LogP contribution in [0.2, 0.25) is 0 Å². The van der Waals surface area contributed by atoms with Gasteiger partial charge in [0, 0.05) is 11.6 Å². The largest absolute Gasteiger partial charge is 0.305 e. The number of benzene rings is 1. The molecule has 102 valence electrons. The molecule has 2 aromatic rings. The predicted octanol–water partition coefficient (Wildman–Crippen LogP) is 3.99. The summed E-state index contributed by atoms with van der Waals surface area (Å²) in [5, 5.41) is 7.00. The monoisotopic (exact) mass is 274 g/mol. The Morgan fingerprint density at radius 2 is 2.00 bits per heavy atom. The van der Waals surface area contributed by atoms with Crippen molar-refractivity contribution in [3.63, 3.8) is 0 Å². The van der Waals surface area contributed by atoms with Crippen LogP contribution >= 0.6 is 11.3 Å². The molecule has 1 N–H and O–H groups in total. The molecule has 0 spiro atoms. The quantitative estimate of drug-likeness (QED) is 0.825. The van der Waals surface area contributed by atoms with Gasteiger partial charge in [-0.2, -0.15) is 0 Å². The number of aromatic nitrogens is 1. The molecule has 0 aliphatic rings. The van der Waals surface area contributed by atoms with Gasteiger partial charge in [0.1, 0.15) is 5.01 Å². The molecule has 0 bridgehead atoms. The highest BCUT2D eigenvalue weighted by atomic mass is 32.1. The van der Waals surface area contributed by atoms with E-state index in [1.54, 1.807) is 11.3 Å². The highest BCUT2D eigenvalue weighted by Gasteiger charge is 2.32. The van der Waals surface area contributed by atoms with Crippen LogP contribution in [0.25, 0.3) is 0 Å². The third kappa shape index (κ3) is 3.43. The van der Waals surface area contributed by atoms with Crippen molar-refractivity contribution in [2.45, 2.75) is 38.6 Å². The maximum absolute atomic E-state index is 4.56. The highest BCUT2D eigenvalue weighted by molar-refractivity contribution is 7.09. The summed E-state index contributed by atoms with van der Waals surface area (Å²) in [6, 6.07) is 10.7. The van der Waals surface area contributed by atoms with Crippen LogP contribution in [0, 0.1) is 0 Å². The zero-order valence-electron chi connectivity index (χ0n) is 11.7. The molecule has 0 fully saturated rings. The number of thiazole rings is 1. The van der Waals surface area contributed by atoms with Gasteiger partial charge in [0.05, 0.1) is 5.54 Å². The second-order valence-corrected chi connectivity index (χ2v) is 5.76. The second kappa shape index (κ2) is 6.83. The Morgan fingerprint density at radius 1 is 1.21 bits per heavy atom. The summed E-state index contributed by atoms with van der Waals surface area (Å²) < 4.78 is 0. The summed E-state index contributed by atoms with van der Waals surface area (Å²) in [5.41, 5.74) is 1.34. The average Bonchev–Trinajstić information content (AvgIpc) is 2.99. The van der Waals surface area contributed by atoms with Gasteiger partial charge < -0.3 is 5.32 Å². The first-order valence-corrected chi connectivity index (χ1v) is 7.87. The second-order valence-electron chi connectivity index (χ2n) is 4.86. The van der Waals surface area contributed by atoms with Crippen molar-refractivity contribution >= 4 is 11.3 Å². The summed E-state index contributed by atoms with van der Waals surface area (Å²) >= 11 is 1.75. The maximum atomic E-state index is 4.56. The van der Waals surface area contributed by atoms with E-state index >= 15 is 0 Å². The number of hydrogen-bond acceptors (Lipinski definition) is 3. The van der Waals surface area contributed by atoms with Gasteiger partial charge in [0.25, 0.3) is 0 Å². The van der Waals surface area contributed by atoms with Crippen molar-refractivity contribution in [3.8, 4) is 0 Å². The summed E-state index contributed by atoms with van der Waals surface area (Å²) in [6.45, 7) is 5.48. The molecule has 0 aliphatic heterocycles. The Balaban J connectivity index is 2.27. The maximum Gasteiger partial charge on any atom is 0.113 e. The lowest BCUT2D eigenvalue weighted by molar-refractivity contribution is 0.316. The summed E-state index contributed by atoms with van der Waals surface area (Å²) in [7, 11) is 0. The van der Waals surface area contributed by atoms with E-state index in [1.165, 1.54) is 10.6 Å². The number of nitrogens with one attached hydrogen (secondary N) is 1. The van der Waals surface area contributed by atoms with Crippen LogP contribution in [0.15, 0.2) is 41.9 Å². The Labute approximate surface area is 119 Å². The fourth-order valence-electron chi connectivity index (χ4n) is 2.38. The van der Waals surface area contributed by atoms with Crippen molar-refractivity contribution < 1.29 is 0 Å². The van der Waals surface area contributed by atoms with Gasteiger partial charge in [-0.25, -0.2) is 4.98 Å². The Kier molecular flexibility index (Phi) is 5.11. The fraction of sp³-hybridized carbons (Fsp3) is 0.438. The molecule has 0 radical (unpaired) electrons. The lowest BCUT2D eigenvalue weighted by atomic mass is 9.88. The lowest BCUT2D eigenvalue weighted by Crippen LogP contribution is -2.44. The van der Waals surface area contributed by atoms with Gasteiger partial charge >= 0.3 is 0 Å². The molecular formula is C16H22N2S. The molecule has 3 heteroatoms. The first-order valence-electron chi connectivity index (χ1n) is 6.99. The average molecular weight is 274 g/mol.